The summed E-state index contributed by atoms with van der Waals surface area (Å²) in [6.45, 7) is 1.17. The smallest absolute Gasteiger partial charge is 0.335 e. The zero-order valence-corrected chi connectivity index (χ0v) is 25.0. The Balaban J connectivity index is 1.22. The molecule has 4 amide bonds. The van der Waals surface area contributed by atoms with Crippen LogP contribution in [0.15, 0.2) is 30.6 Å². The van der Waals surface area contributed by atoms with Crippen molar-refractivity contribution in [2.45, 2.75) is 44.1 Å². The van der Waals surface area contributed by atoms with Gasteiger partial charge in [0.2, 0.25) is 0 Å². The molecule has 1 aliphatic carbocycles. The highest BCUT2D eigenvalue weighted by atomic mass is 35.5. The minimum Gasteiger partial charge on any atom is -0.335 e. The molecule has 3 aromatic rings. The average molecular weight is 646 g/mol. The lowest BCUT2D eigenvalue weighted by atomic mass is 10.1. The van der Waals surface area contributed by atoms with Gasteiger partial charge < -0.3 is 30.7 Å². The zero-order valence-electron chi connectivity index (χ0n) is 24.3. The highest BCUT2D eigenvalue weighted by Crippen LogP contribution is 2.36. The molecule has 12 nitrogen and oxygen atoms in total. The van der Waals surface area contributed by atoms with E-state index in [9.17, 15) is 27.6 Å². The van der Waals surface area contributed by atoms with Crippen molar-refractivity contribution in [2.24, 2.45) is 12.8 Å². The number of nitrogens with zero attached hydrogens (tertiary/aromatic N) is 6. The fraction of sp³-hybridized carbons (Fsp3) is 0.414. The number of alkyl halides is 3. The molecule has 45 heavy (non-hydrogen) atoms. The Morgan fingerprint density at radius 2 is 1.87 bits per heavy atom. The standard InChI is InChI=1S/C29H31ClF3N9O3/c1-3-9-42-16-19(24(38-42)29(31,32)33)23-15-35-25(39(23)2)26(43)36-17-7-8-18(20(30)14-17)27(44)40-10-12-41(13-11-40)28(45)37-22-6-4-5-21(22)34/h1,7-8,14-16,21-22H,4-6,9-13,34H2,2H3,(H,36,43)(H,37,45)/t21-,22+/m1/s1. The Bertz CT molecular complexity index is 1650. The number of amides is 4. The number of halogens is 4. The number of urea groups is 1. The molecule has 1 saturated carbocycles. The summed E-state index contributed by atoms with van der Waals surface area (Å²) < 4.78 is 43.1. The minimum absolute atomic E-state index is 0.00872. The van der Waals surface area contributed by atoms with E-state index in [2.05, 4.69) is 26.6 Å². The van der Waals surface area contributed by atoms with Crippen molar-refractivity contribution in [3.8, 4) is 23.6 Å². The number of carbonyl (C=O) groups is 3. The number of terminal acetylenes is 1. The summed E-state index contributed by atoms with van der Waals surface area (Å²) in [5.74, 6) is 1.03. The molecule has 0 radical (unpaired) electrons. The maximum Gasteiger partial charge on any atom is 0.435 e. The van der Waals surface area contributed by atoms with Crippen LogP contribution in [0.4, 0.5) is 23.7 Å². The van der Waals surface area contributed by atoms with Gasteiger partial charge in [-0.05, 0) is 37.5 Å². The van der Waals surface area contributed by atoms with E-state index in [-0.39, 0.29) is 63.9 Å². The van der Waals surface area contributed by atoms with Gasteiger partial charge in [0.15, 0.2) is 11.5 Å². The molecule has 1 aromatic carbocycles. The van der Waals surface area contributed by atoms with Gasteiger partial charge in [0.25, 0.3) is 11.8 Å². The number of imidazole rings is 1. The molecule has 0 unspecified atom stereocenters. The molecular formula is C29H31ClF3N9O3. The van der Waals surface area contributed by atoms with Gasteiger partial charge >= 0.3 is 12.2 Å². The first-order valence-corrected chi connectivity index (χ1v) is 14.6. The molecule has 0 bridgehead atoms. The van der Waals surface area contributed by atoms with Crippen LogP contribution in [0, 0.1) is 12.3 Å². The summed E-state index contributed by atoms with van der Waals surface area (Å²) in [6.07, 6.45) is 5.47. The molecule has 5 rings (SSSR count). The van der Waals surface area contributed by atoms with E-state index >= 15 is 0 Å². The van der Waals surface area contributed by atoms with E-state index in [0.717, 1.165) is 36.3 Å². The quantitative estimate of drug-likeness (QED) is 0.352. The van der Waals surface area contributed by atoms with Crippen LogP contribution in [0.5, 0.6) is 0 Å². The lowest BCUT2D eigenvalue weighted by Gasteiger charge is -2.35. The predicted octanol–water partition coefficient (Wildman–Crippen LogP) is 3.19. The van der Waals surface area contributed by atoms with E-state index < -0.39 is 17.8 Å². The van der Waals surface area contributed by atoms with Crippen LogP contribution < -0.4 is 16.4 Å². The maximum atomic E-state index is 13.6. The van der Waals surface area contributed by atoms with Crippen molar-refractivity contribution in [2.75, 3.05) is 31.5 Å². The van der Waals surface area contributed by atoms with E-state index in [0.29, 0.717) is 26.2 Å². The second-order valence-electron chi connectivity index (χ2n) is 10.9. The Kier molecular flexibility index (Phi) is 9.08. The van der Waals surface area contributed by atoms with Gasteiger partial charge in [-0.15, -0.1) is 6.42 Å². The van der Waals surface area contributed by atoms with Crippen LogP contribution in [-0.2, 0) is 19.8 Å². The lowest BCUT2D eigenvalue weighted by Crippen LogP contribution is -2.56. The summed E-state index contributed by atoms with van der Waals surface area (Å²) in [4.78, 5) is 46.2. The Hall–Kier alpha value is -4.55. The number of nitrogens with one attached hydrogen (secondary N) is 2. The van der Waals surface area contributed by atoms with Crippen molar-refractivity contribution in [1.29, 1.82) is 0 Å². The highest BCUT2D eigenvalue weighted by Gasteiger charge is 2.38. The third-order valence-electron chi connectivity index (χ3n) is 7.94. The van der Waals surface area contributed by atoms with Gasteiger partial charge in [-0.1, -0.05) is 17.5 Å². The van der Waals surface area contributed by atoms with E-state index in [1.807, 2.05) is 0 Å². The fourth-order valence-corrected chi connectivity index (χ4v) is 5.78. The average Bonchev–Trinajstić information content (AvgIpc) is 3.71. The molecule has 2 fully saturated rings. The van der Waals surface area contributed by atoms with Gasteiger partial charge in [-0.2, -0.15) is 18.3 Å². The van der Waals surface area contributed by atoms with E-state index in [1.54, 1.807) is 9.80 Å². The van der Waals surface area contributed by atoms with Crippen LogP contribution in [0.2, 0.25) is 5.02 Å². The molecule has 2 aliphatic rings. The van der Waals surface area contributed by atoms with Crippen molar-refractivity contribution in [3.05, 3.63) is 52.7 Å². The van der Waals surface area contributed by atoms with Crippen molar-refractivity contribution < 1.29 is 27.6 Å². The van der Waals surface area contributed by atoms with Gasteiger partial charge in [-0.25, -0.2) is 9.78 Å². The molecule has 2 atom stereocenters. The zero-order chi connectivity index (χ0) is 32.5. The van der Waals surface area contributed by atoms with Crippen molar-refractivity contribution in [1.82, 2.24) is 34.4 Å². The number of benzene rings is 1. The van der Waals surface area contributed by atoms with Crippen molar-refractivity contribution in [3.63, 3.8) is 0 Å². The third kappa shape index (κ3) is 6.76. The SMILES string of the molecule is C#CCn1cc(-c2cnc(C(=O)Nc3ccc(C(=O)N4CCN(C(=O)N[C@H]5CCC[C@H]5N)CC4)c(Cl)c3)n2C)c(C(F)(F)F)n1. The van der Waals surface area contributed by atoms with Gasteiger partial charge in [0, 0.05) is 57.2 Å². The normalized spacial score (nSPS) is 18.5. The number of anilines is 1. The van der Waals surface area contributed by atoms with Crippen LogP contribution >= 0.6 is 11.6 Å². The number of aromatic nitrogens is 4. The second kappa shape index (κ2) is 12.8. The monoisotopic (exact) mass is 645 g/mol. The number of nitrogens with two attached hydrogens (primary N) is 1. The predicted molar refractivity (Wildman–Crippen MR) is 159 cm³/mol. The van der Waals surface area contributed by atoms with Crippen LogP contribution in [0.25, 0.3) is 11.3 Å². The number of hydrogen-bond acceptors (Lipinski definition) is 6. The summed E-state index contributed by atoms with van der Waals surface area (Å²) >= 11 is 6.43. The van der Waals surface area contributed by atoms with Crippen molar-refractivity contribution >= 4 is 35.1 Å². The molecule has 1 saturated heterocycles. The number of piperazine rings is 1. The first kappa shape index (κ1) is 31.9. The molecule has 238 valence electrons. The van der Waals surface area contributed by atoms with Gasteiger partial charge in [0.05, 0.1) is 28.0 Å². The molecule has 4 N–H and O–H groups in total. The molecule has 0 spiro atoms. The largest absolute Gasteiger partial charge is 0.435 e. The first-order chi connectivity index (χ1) is 21.4. The van der Waals surface area contributed by atoms with Gasteiger partial charge in [-0.3, -0.25) is 14.3 Å². The third-order valence-corrected chi connectivity index (χ3v) is 8.25. The first-order valence-electron chi connectivity index (χ1n) is 14.2. The number of rotatable bonds is 6. The van der Waals surface area contributed by atoms with E-state index in [1.165, 1.54) is 29.8 Å². The minimum atomic E-state index is -4.76. The Labute approximate surface area is 261 Å². The molecule has 2 aromatic heterocycles. The highest BCUT2D eigenvalue weighted by molar-refractivity contribution is 6.34. The Morgan fingerprint density at radius 1 is 1.16 bits per heavy atom. The maximum absolute atomic E-state index is 13.6. The van der Waals surface area contributed by atoms with Crippen LogP contribution in [0.3, 0.4) is 0 Å². The fourth-order valence-electron chi connectivity index (χ4n) is 5.52. The van der Waals surface area contributed by atoms with Crippen LogP contribution in [-0.4, -0.2) is 85.2 Å². The number of hydrogen-bond donors (Lipinski definition) is 3. The molecule has 16 heteroatoms. The lowest BCUT2D eigenvalue weighted by molar-refractivity contribution is -0.141. The molecule has 3 heterocycles. The molecule has 1 aliphatic heterocycles. The molecular weight excluding hydrogens is 615 g/mol. The van der Waals surface area contributed by atoms with Gasteiger partial charge in [0.1, 0.15) is 6.54 Å². The summed E-state index contributed by atoms with van der Waals surface area (Å²) in [7, 11) is 1.40. The Morgan fingerprint density at radius 3 is 2.49 bits per heavy atom. The summed E-state index contributed by atoms with van der Waals surface area (Å²) in [5.41, 5.74) is 5.09. The van der Waals surface area contributed by atoms with Crippen LogP contribution in [0.1, 0.15) is 45.9 Å². The van der Waals surface area contributed by atoms with E-state index in [4.69, 9.17) is 23.8 Å². The number of carbonyl (C=O) groups excluding carboxylic acids is 3. The summed E-state index contributed by atoms with van der Waals surface area (Å²) in [6, 6.07) is 4.08. The topological polar surface area (TPSA) is 143 Å². The second-order valence-corrected chi connectivity index (χ2v) is 11.3. The summed E-state index contributed by atoms with van der Waals surface area (Å²) in [5, 5.41) is 9.23.